The van der Waals surface area contributed by atoms with E-state index >= 15 is 0 Å². The molecule has 0 bridgehead atoms. The summed E-state index contributed by atoms with van der Waals surface area (Å²) in [6.07, 6.45) is 0.997. The van der Waals surface area contributed by atoms with Crippen LogP contribution in [0.15, 0.2) is 29.4 Å². The number of aryl methyl sites for hydroxylation is 1. The molecule has 0 spiro atoms. The maximum atomic E-state index is 11.5. The van der Waals surface area contributed by atoms with E-state index in [9.17, 15) is 8.42 Å². The lowest BCUT2D eigenvalue weighted by atomic mass is 10.0. The van der Waals surface area contributed by atoms with Gasteiger partial charge < -0.3 is 10.3 Å². The first kappa shape index (κ1) is 13.7. The van der Waals surface area contributed by atoms with Gasteiger partial charge in [0.15, 0.2) is 9.84 Å². The van der Waals surface area contributed by atoms with Gasteiger partial charge >= 0.3 is 0 Å². The predicted octanol–water partition coefficient (Wildman–Crippen LogP) is 0.579. The number of aliphatic hydroxyl groups is 1. The molecule has 0 aliphatic heterocycles. The first-order valence-electron chi connectivity index (χ1n) is 4.99. The Morgan fingerprint density at radius 2 is 2.00 bits per heavy atom. The Morgan fingerprint density at radius 3 is 2.41 bits per heavy atom. The number of hydrogen-bond donors (Lipinski definition) is 2. The fourth-order valence-electron chi connectivity index (χ4n) is 1.58. The van der Waals surface area contributed by atoms with Gasteiger partial charge in [0.1, 0.15) is 11.0 Å². The molecule has 0 aliphatic rings. The highest BCUT2D eigenvalue weighted by Crippen LogP contribution is 2.14. The molecule has 0 unspecified atom stereocenters. The van der Waals surface area contributed by atoms with Gasteiger partial charge in [-0.3, -0.25) is 0 Å². The maximum absolute atomic E-state index is 11.5. The van der Waals surface area contributed by atoms with Gasteiger partial charge in [0.05, 0.1) is 6.61 Å². The van der Waals surface area contributed by atoms with Crippen LogP contribution in [0.4, 0.5) is 0 Å². The fraction of sp³-hybridized carbons (Fsp3) is 0.364. The molecule has 0 heterocycles. The largest absolute Gasteiger partial charge is 0.411 e. The Hall–Kier alpha value is -1.40. The molecule has 17 heavy (non-hydrogen) atoms. The zero-order chi connectivity index (χ0) is 13.1. The number of nitrogens with zero attached hydrogens (tertiary/aromatic N) is 1. The van der Waals surface area contributed by atoms with E-state index in [0.29, 0.717) is 5.56 Å². The second kappa shape index (κ2) is 5.29. The summed E-state index contributed by atoms with van der Waals surface area (Å²) in [4.78, 5) is 0. The van der Waals surface area contributed by atoms with Crippen molar-refractivity contribution >= 4 is 15.5 Å². The molecule has 0 saturated heterocycles. The minimum absolute atomic E-state index is 0.0342. The Kier molecular flexibility index (Phi) is 4.25. The Morgan fingerprint density at radius 1 is 1.41 bits per heavy atom. The fourth-order valence-corrected chi connectivity index (χ4v) is 2.43. The molecule has 1 atom stereocenters. The van der Waals surface area contributed by atoms with Gasteiger partial charge in [0.2, 0.25) is 0 Å². The molecule has 2 N–H and O–H groups in total. The Labute approximate surface area is 100 Å². The number of benzene rings is 1. The third kappa shape index (κ3) is 3.04. The summed E-state index contributed by atoms with van der Waals surface area (Å²) in [5.41, 5.74) is 1.26. The van der Waals surface area contributed by atoms with Gasteiger partial charge in [0.25, 0.3) is 0 Å². The van der Waals surface area contributed by atoms with Gasteiger partial charge in [-0.25, -0.2) is 8.42 Å². The van der Waals surface area contributed by atoms with Crippen molar-refractivity contribution in [1.82, 2.24) is 0 Å². The summed E-state index contributed by atoms with van der Waals surface area (Å²) < 4.78 is 23.0. The van der Waals surface area contributed by atoms with Crippen LogP contribution in [-0.4, -0.2) is 42.6 Å². The van der Waals surface area contributed by atoms with Crippen molar-refractivity contribution in [3.05, 3.63) is 35.4 Å². The maximum Gasteiger partial charge on any atom is 0.158 e. The van der Waals surface area contributed by atoms with E-state index in [1.807, 2.05) is 0 Å². The smallest absolute Gasteiger partial charge is 0.158 e. The molecule has 1 aromatic rings. The highest BCUT2D eigenvalue weighted by Gasteiger charge is 2.28. The van der Waals surface area contributed by atoms with Crippen LogP contribution in [-0.2, 0) is 9.84 Å². The highest BCUT2D eigenvalue weighted by atomic mass is 32.2. The molecule has 0 amide bonds. The predicted molar refractivity (Wildman–Crippen MR) is 65.2 cm³/mol. The van der Waals surface area contributed by atoms with Crippen molar-refractivity contribution in [3.63, 3.8) is 0 Å². The Balaban J connectivity index is 3.31. The molecule has 6 heteroatoms. The van der Waals surface area contributed by atoms with Crippen molar-refractivity contribution in [3.8, 4) is 0 Å². The molecule has 1 rings (SSSR count). The van der Waals surface area contributed by atoms with E-state index in [0.717, 1.165) is 11.8 Å². The minimum atomic E-state index is -3.53. The lowest BCUT2D eigenvalue weighted by Crippen LogP contribution is -2.34. The van der Waals surface area contributed by atoms with Gasteiger partial charge in [-0.2, -0.15) is 0 Å². The van der Waals surface area contributed by atoms with E-state index in [1.54, 1.807) is 31.2 Å². The topological polar surface area (TPSA) is 87.0 Å². The highest BCUT2D eigenvalue weighted by molar-refractivity contribution is 7.92. The number of aliphatic hydroxyl groups excluding tert-OH is 1. The molecule has 0 saturated carbocycles. The molecule has 0 aliphatic carbocycles. The molecule has 0 aromatic heterocycles. The average molecular weight is 257 g/mol. The lowest BCUT2D eigenvalue weighted by Gasteiger charge is -2.15. The average Bonchev–Trinajstić information content (AvgIpc) is 2.25. The SMILES string of the molecule is Cc1ccccc1/C(=N/O)[C@@H](CO)S(C)(=O)=O. The molecular weight excluding hydrogens is 242 g/mol. The third-order valence-electron chi connectivity index (χ3n) is 2.52. The van der Waals surface area contributed by atoms with Crippen LogP contribution in [0.3, 0.4) is 0 Å². The van der Waals surface area contributed by atoms with Crippen LogP contribution in [0.2, 0.25) is 0 Å². The summed E-state index contributed by atoms with van der Waals surface area (Å²) >= 11 is 0. The van der Waals surface area contributed by atoms with Crippen molar-refractivity contribution < 1.29 is 18.7 Å². The van der Waals surface area contributed by atoms with Crippen LogP contribution in [0.1, 0.15) is 11.1 Å². The normalized spacial score (nSPS) is 14.6. The van der Waals surface area contributed by atoms with Crippen molar-refractivity contribution in [2.45, 2.75) is 12.2 Å². The standard InChI is InChI=1S/C11H15NO4S/c1-8-5-3-4-6-9(8)11(12-14)10(7-13)17(2,15)16/h3-6,10,13-14H,7H2,1-2H3/b12-11-/t10-/m1/s1. The van der Waals surface area contributed by atoms with Crippen LogP contribution in [0.25, 0.3) is 0 Å². The minimum Gasteiger partial charge on any atom is -0.411 e. The number of rotatable bonds is 4. The summed E-state index contributed by atoms with van der Waals surface area (Å²) in [6, 6.07) is 6.93. The van der Waals surface area contributed by atoms with E-state index < -0.39 is 21.7 Å². The van der Waals surface area contributed by atoms with Crippen molar-refractivity contribution in [2.75, 3.05) is 12.9 Å². The first-order chi connectivity index (χ1) is 7.91. The Bertz CT molecular complexity index is 522. The van der Waals surface area contributed by atoms with Crippen LogP contribution >= 0.6 is 0 Å². The summed E-state index contributed by atoms with van der Waals surface area (Å²) in [6.45, 7) is 1.16. The zero-order valence-corrected chi connectivity index (χ0v) is 10.5. The van der Waals surface area contributed by atoms with E-state index in [1.165, 1.54) is 0 Å². The first-order valence-corrected chi connectivity index (χ1v) is 6.95. The summed E-state index contributed by atoms with van der Waals surface area (Å²) in [7, 11) is -3.53. The molecule has 0 fully saturated rings. The second-order valence-corrected chi connectivity index (χ2v) is 6.03. The number of hydrogen-bond acceptors (Lipinski definition) is 5. The second-order valence-electron chi connectivity index (χ2n) is 3.80. The monoisotopic (exact) mass is 257 g/mol. The van der Waals surface area contributed by atoms with Gasteiger partial charge in [-0.15, -0.1) is 0 Å². The summed E-state index contributed by atoms with van der Waals surface area (Å²) in [5.74, 6) is 0. The molecule has 0 radical (unpaired) electrons. The van der Waals surface area contributed by atoms with Gasteiger partial charge in [-0.05, 0) is 12.5 Å². The number of oxime groups is 1. The molecule has 1 aromatic carbocycles. The number of sulfone groups is 1. The van der Waals surface area contributed by atoms with Gasteiger partial charge in [-0.1, -0.05) is 29.4 Å². The molecular formula is C11H15NO4S. The third-order valence-corrected chi connectivity index (χ3v) is 3.92. The molecule has 94 valence electrons. The zero-order valence-electron chi connectivity index (χ0n) is 9.66. The molecule has 5 nitrogen and oxygen atoms in total. The van der Waals surface area contributed by atoms with E-state index in [4.69, 9.17) is 10.3 Å². The quantitative estimate of drug-likeness (QED) is 0.469. The van der Waals surface area contributed by atoms with E-state index in [2.05, 4.69) is 5.16 Å². The van der Waals surface area contributed by atoms with Gasteiger partial charge in [0, 0.05) is 11.8 Å². The van der Waals surface area contributed by atoms with Crippen molar-refractivity contribution in [1.29, 1.82) is 0 Å². The lowest BCUT2D eigenvalue weighted by molar-refractivity contribution is 0.296. The van der Waals surface area contributed by atoms with Crippen molar-refractivity contribution in [2.24, 2.45) is 5.16 Å². The van der Waals surface area contributed by atoms with Crippen LogP contribution in [0.5, 0.6) is 0 Å². The van der Waals surface area contributed by atoms with Crippen LogP contribution < -0.4 is 0 Å². The van der Waals surface area contributed by atoms with E-state index in [-0.39, 0.29) is 5.71 Å². The summed E-state index contributed by atoms with van der Waals surface area (Å²) in [5, 5.41) is 19.9. The van der Waals surface area contributed by atoms with Crippen LogP contribution in [0, 0.1) is 6.92 Å².